The molecule has 2 heterocycles. The SMILES string of the molecule is FC(F)(F)c1ccccc1/C=N/n1c(-c2ccncc2)n[nH]c1=S. The van der Waals surface area contributed by atoms with E-state index >= 15 is 0 Å². The first-order valence-corrected chi connectivity index (χ1v) is 7.16. The molecule has 3 aromatic rings. The standard InChI is InChI=1S/C15H10F3N5S/c16-15(17,18)12-4-2-1-3-11(12)9-20-23-13(21-22-14(23)24)10-5-7-19-8-6-10/h1-9H,(H,22,24)/b20-9+. The maximum Gasteiger partial charge on any atom is 0.417 e. The van der Waals surface area contributed by atoms with Crippen LogP contribution in [0.5, 0.6) is 0 Å². The highest BCUT2D eigenvalue weighted by molar-refractivity contribution is 7.71. The zero-order valence-electron chi connectivity index (χ0n) is 12.0. The second-order valence-electron chi connectivity index (χ2n) is 4.73. The molecule has 0 saturated carbocycles. The van der Waals surface area contributed by atoms with Gasteiger partial charge in [-0.1, -0.05) is 18.2 Å². The number of pyridine rings is 1. The third-order valence-corrected chi connectivity index (χ3v) is 3.43. The first kappa shape index (κ1) is 16.1. The van der Waals surface area contributed by atoms with Crippen molar-refractivity contribution in [3.8, 4) is 11.4 Å². The molecule has 0 saturated heterocycles. The van der Waals surface area contributed by atoms with E-state index in [2.05, 4.69) is 20.3 Å². The highest BCUT2D eigenvalue weighted by Gasteiger charge is 2.32. The fourth-order valence-corrected chi connectivity index (χ4v) is 2.25. The van der Waals surface area contributed by atoms with Crippen LogP contribution in [0.1, 0.15) is 11.1 Å². The number of nitrogens with one attached hydrogen (secondary N) is 1. The lowest BCUT2D eigenvalue weighted by Crippen LogP contribution is -2.09. The van der Waals surface area contributed by atoms with Gasteiger partial charge in [0.1, 0.15) is 0 Å². The number of hydrogen-bond donors (Lipinski definition) is 1. The van der Waals surface area contributed by atoms with Gasteiger partial charge < -0.3 is 0 Å². The van der Waals surface area contributed by atoms with Crippen molar-refractivity contribution in [3.63, 3.8) is 0 Å². The van der Waals surface area contributed by atoms with Crippen LogP contribution in [0.25, 0.3) is 11.4 Å². The van der Waals surface area contributed by atoms with Crippen molar-refractivity contribution in [1.29, 1.82) is 0 Å². The molecule has 2 aromatic heterocycles. The minimum atomic E-state index is -4.46. The first-order chi connectivity index (χ1) is 11.5. The summed E-state index contributed by atoms with van der Waals surface area (Å²) in [7, 11) is 0. The van der Waals surface area contributed by atoms with E-state index in [-0.39, 0.29) is 10.3 Å². The molecule has 0 fully saturated rings. The number of halogens is 3. The molecule has 5 nitrogen and oxygen atoms in total. The highest BCUT2D eigenvalue weighted by Crippen LogP contribution is 2.31. The smallest absolute Gasteiger partial charge is 0.265 e. The number of rotatable bonds is 3. The Bertz CT molecular complexity index is 928. The summed E-state index contributed by atoms with van der Waals surface area (Å²) in [5.74, 6) is 0.378. The van der Waals surface area contributed by atoms with E-state index in [0.717, 1.165) is 12.3 Å². The number of hydrogen-bond acceptors (Lipinski definition) is 4. The van der Waals surface area contributed by atoms with Gasteiger partial charge in [-0.05, 0) is 30.4 Å². The predicted molar refractivity (Wildman–Crippen MR) is 85.1 cm³/mol. The van der Waals surface area contributed by atoms with Crippen LogP contribution in [-0.2, 0) is 6.18 Å². The van der Waals surface area contributed by atoms with E-state index in [0.29, 0.717) is 11.4 Å². The summed E-state index contributed by atoms with van der Waals surface area (Å²) in [6.45, 7) is 0. The third-order valence-electron chi connectivity index (χ3n) is 3.17. The zero-order valence-corrected chi connectivity index (χ0v) is 12.8. The molecule has 1 N–H and O–H groups in total. The largest absolute Gasteiger partial charge is 0.417 e. The Labute approximate surface area is 139 Å². The van der Waals surface area contributed by atoms with Gasteiger partial charge in [-0.25, -0.2) is 5.10 Å². The van der Waals surface area contributed by atoms with E-state index in [1.807, 2.05) is 0 Å². The Morgan fingerprint density at radius 2 is 1.83 bits per heavy atom. The van der Waals surface area contributed by atoms with E-state index in [9.17, 15) is 13.2 Å². The molecular weight excluding hydrogens is 339 g/mol. The summed E-state index contributed by atoms with van der Waals surface area (Å²) in [4.78, 5) is 3.90. The number of H-pyrrole nitrogens is 1. The lowest BCUT2D eigenvalue weighted by Gasteiger charge is -2.09. The van der Waals surface area contributed by atoms with Crippen molar-refractivity contribution in [2.45, 2.75) is 6.18 Å². The van der Waals surface area contributed by atoms with Crippen molar-refractivity contribution >= 4 is 18.4 Å². The minimum Gasteiger partial charge on any atom is -0.265 e. The first-order valence-electron chi connectivity index (χ1n) is 6.75. The monoisotopic (exact) mass is 349 g/mol. The molecule has 0 radical (unpaired) electrons. The van der Waals surface area contributed by atoms with Crippen molar-refractivity contribution in [2.24, 2.45) is 5.10 Å². The molecule has 0 unspecified atom stereocenters. The summed E-state index contributed by atoms with van der Waals surface area (Å²) in [6.07, 6.45) is -0.215. The molecule has 0 amide bonds. The topological polar surface area (TPSA) is 58.9 Å². The molecule has 122 valence electrons. The number of aromatic amines is 1. The second-order valence-corrected chi connectivity index (χ2v) is 5.12. The normalized spacial score (nSPS) is 12.0. The second kappa shape index (κ2) is 6.36. The van der Waals surface area contributed by atoms with E-state index < -0.39 is 11.7 Å². The van der Waals surface area contributed by atoms with Gasteiger partial charge in [-0.15, -0.1) is 0 Å². The van der Waals surface area contributed by atoms with Gasteiger partial charge in [0.25, 0.3) is 0 Å². The highest BCUT2D eigenvalue weighted by atomic mass is 32.1. The summed E-state index contributed by atoms with van der Waals surface area (Å²) in [5.41, 5.74) is -0.151. The molecule has 1 aromatic carbocycles. The van der Waals surface area contributed by atoms with Gasteiger partial charge >= 0.3 is 6.18 Å². The van der Waals surface area contributed by atoms with Crippen LogP contribution in [-0.4, -0.2) is 26.1 Å². The van der Waals surface area contributed by atoms with Crippen molar-refractivity contribution in [1.82, 2.24) is 19.9 Å². The predicted octanol–water partition coefficient (Wildman–Crippen LogP) is 3.90. The number of aromatic nitrogens is 4. The van der Waals surface area contributed by atoms with Crippen LogP contribution in [0.15, 0.2) is 53.9 Å². The lowest BCUT2D eigenvalue weighted by atomic mass is 10.1. The van der Waals surface area contributed by atoms with Gasteiger partial charge in [0.2, 0.25) is 4.77 Å². The third kappa shape index (κ3) is 3.25. The molecular formula is C15H10F3N5S. The molecule has 0 aliphatic carbocycles. The van der Waals surface area contributed by atoms with Crippen LogP contribution < -0.4 is 0 Å². The molecule has 0 aliphatic rings. The molecule has 0 spiro atoms. The van der Waals surface area contributed by atoms with Gasteiger partial charge in [0.15, 0.2) is 5.82 Å². The molecule has 0 aliphatic heterocycles. The Morgan fingerprint density at radius 1 is 1.12 bits per heavy atom. The number of alkyl halides is 3. The van der Waals surface area contributed by atoms with Crippen molar-refractivity contribution < 1.29 is 13.2 Å². The number of nitrogens with zero attached hydrogens (tertiary/aromatic N) is 4. The molecule has 0 atom stereocenters. The number of benzene rings is 1. The van der Waals surface area contributed by atoms with Crippen molar-refractivity contribution in [3.05, 3.63) is 64.7 Å². The summed E-state index contributed by atoms with van der Waals surface area (Å²) in [6, 6.07) is 8.56. The lowest BCUT2D eigenvalue weighted by molar-refractivity contribution is -0.137. The van der Waals surface area contributed by atoms with Gasteiger partial charge in [-0.2, -0.15) is 28.0 Å². The average molecular weight is 349 g/mol. The van der Waals surface area contributed by atoms with E-state index in [4.69, 9.17) is 12.2 Å². The fourth-order valence-electron chi connectivity index (χ4n) is 2.07. The van der Waals surface area contributed by atoms with E-state index in [1.165, 1.54) is 22.9 Å². The van der Waals surface area contributed by atoms with Crippen LogP contribution >= 0.6 is 12.2 Å². The van der Waals surface area contributed by atoms with Crippen LogP contribution in [0, 0.1) is 4.77 Å². The summed E-state index contributed by atoms with van der Waals surface area (Å²) in [5, 5.41) is 10.7. The molecule has 3 rings (SSSR count). The zero-order chi connectivity index (χ0) is 17.2. The average Bonchev–Trinajstić information content (AvgIpc) is 2.94. The molecule has 0 bridgehead atoms. The van der Waals surface area contributed by atoms with Gasteiger partial charge in [0.05, 0.1) is 11.8 Å². The van der Waals surface area contributed by atoms with Crippen molar-refractivity contribution in [2.75, 3.05) is 0 Å². The maximum atomic E-state index is 13.0. The Balaban J connectivity index is 2.04. The minimum absolute atomic E-state index is 0.0613. The van der Waals surface area contributed by atoms with Crippen LogP contribution in [0.4, 0.5) is 13.2 Å². The Kier molecular flexibility index (Phi) is 4.26. The van der Waals surface area contributed by atoms with E-state index in [1.54, 1.807) is 24.5 Å². The van der Waals surface area contributed by atoms with Crippen LogP contribution in [0.2, 0.25) is 0 Å². The van der Waals surface area contributed by atoms with Gasteiger partial charge in [-0.3, -0.25) is 4.98 Å². The quantitative estimate of drug-likeness (QED) is 0.576. The maximum absolute atomic E-state index is 13.0. The van der Waals surface area contributed by atoms with Crippen LogP contribution in [0.3, 0.4) is 0 Å². The Morgan fingerprint density at radius 3 is 2.54 bits per heavy atom. The molecule has 9 heteroatoms. The van der Waals surface area contributed by atoms with Gasteiger partial charge in [0, 0.05) is 23.5 Å². The summed E-state index contributed by atoms with van der Waals surface area (Å²) < 4.78 is 40.5. The fraction of sp³-hybridized carbons (Fsp3) is 0.0667. The summed E-state index contributed by atoms with van der Waals surface area (Å²) >= 11 is 5.09. The molecule has 24 heavy (non-hydrogen) atoms. The Hall–Kier alpha value is -2.81.